The molecule has 0 aromatic heterocycles. The van der Waals surface area contributed by atoms with Crippen molar-refractivity contribution < 1.29 is 4.79 Å². The summed E-state index contributed by atoms with van der Waals surface area (Å²) in [7, 11) is 4.07. The lowest BCUT2D eigenvalue weighted by molar-refractivity contribution is -0.131. The molecule has 0 fully saturated rings. The van der Waals surface area contributed by atoms with E-state index in [1.807, 2.05) is 37.7 Å². The van der Waals surface area contributed by atoms with Crippen molar-refractivity contribution in [3.8, 4) is 0 Å². The van der Waals surface area contributed by atoms with Crippen molar-refractivity contribution in [2.24, 2.45) is 5.92 Å². The van der Waals surface area contributed by atoms with Crippen molar-refractivity contribution in [3.05, 3.63) is 29.8 Å². The predicted molar refractivity (Wildman–Crippen MR) is 98.6 cm³/mol. The minimum Gasteiger partial charge on any atom is -0.378 e. The molecule has 1 aromatic rings. The Balaban J connectivity index is 2.47. The molecule has 1 rings (SSSR count). The van der Waals surface area contributed by atoms with Crippen LogP contribution in [0.4, 0.5) is 5.69 Å². The van der Waals surface area contributed by atoms with Crippen molar-refractivity contribution in [1.29, 1.82) is 0 Å². The molecule has 1 aromatic carbocycles. The van der Waals surface area contributed by atoms with Crippen molar-refractivity contribution in [2.75, 3.05) is 37.0 Å². The molecule has 0 saturated carbocycles. The number of anilines is 1. The van der Waals surface area contributed by atoms with Gasteiger partial charge < -0.3 is 9.80 Å². The van der Waals surface area contributed by atoms with Crippen LogP contribution in [0.25, 0.3) is 0 Å². The van der Waals surface area contributed by atoms with Gasteiger partial charge in [0.05, 0.1) is 0 Å². The van der Waals surface area contributed by atoms with Crippen molar-refractivity contribution in [1.82, 2.24) is 4.90 Å². The highest BCUT2D eigenvalue weighted by molar-refractivity contribution is 7.99. The van der Waals surface area contributed by atoms with Gasteiger partial charge in [-0.15, -0.1) is 0 Å². The lowest BCUT2D eigenvalue weighted by Gasteiger charge is -2.21. The third-order valence-electron chi connectivity index (χ3n) is 3.47. The molecule has 4 heteroatoms. The van der Waals surface area contributed by atoms with Gasteiger partial charge in [0, 0.05) is 45.0 Å². The number of hydrogen-bond acceptors (Lipinski definition) is 3. The molecule has 3 nitrogen and oxygen atoms in total. The highest BCUT2D eigenvalue weighted by Gasteiger charge is 2.12. The molecule has 0 saturated heterocycles. The SMILES string of the molecule is CCN(Cc1ccc(N(C)C)cc1)C(=O)CCSCC(C)C. The van der Waals surface area contributed by atoms with Crippen molar-refractivity contribution in [2.45, 2.75) is 33.7 Å². The molecule has 1 amide bonds. The molecule has 0 bridgehead atoms. The van der Waals surface area contributed by atoms with E-state index < -0.39 is 0 Å². The monoisotopic (exact) mass is 322 g/mol. The van der Waals surface area contributed by atoms with E-state index in [0.29, 0.717) is 18.9 Å². The topological polar surface area (TPSA) is 23.6 Å². The molecule has 0 N–H and O–H groups in total. The zero-order valence-electron chi connectivity index (χ0n) is 14.6. The van der Waals surface area contributed by atoms with Gasteiger partial charge >= 0.3 is 0 Å². The minimum absolute atomic E-state index is 0.260. The van der Waals surface area contributed by atoms with Crippen LogP contribution in [-0.2, 0) is 11.3 Å². The van der Waals surface area contributed by atoms with Gasteiger partial charge in [0.25, 0.3) is 0 Å². The number of nitrogens with zero attached hydrogens (tertiary/aromatic N) is 2. The van der Waals surface area contributed by atoms with Crippen LogP contribution in [0, 0.1) is 5.92 Å². The molecule has 0 heterocycles. The van der Waals surface area contributed by atoms with Gasteiger partial charge in [-0.1, -0.05) is 26.0 Å². The van der Waals surface area contributed by atoms with Crippen LogP contribution in [0.2, 0.25) is 0 Å². The summed E-state index contributed by atoms with van der Waals surface area (Å²) in [4.78, 5) is 16.3. The summed E-state index contributed by atoms with van der Waals surface area (Å²) in [6.45, 7) is 7.95. The molecule has 0 spiro atoms. The van der Waals surface area contributed by atoms with Gasteiger partial charge in [0.1, 0.15) is 0 Å². The highest BCUT2D eigenvalue weighted by atomic mass is 32.2. The van der Waals surface area contributed by atoms with E-state index in [1.165, 1.54) is 11.3 Å². The predicted octanol–water partition coefficient (Wildman–Crippen LogP) is 3.88. The Hall–Kier alpha value is -1.16. The van der Waals surface area contributed by atoms with Crippen molar-refractivity contribution in [3.63, 3.8) is 0 Å². The molecule has 0 aliphatic rings. The lowest BCUT2D eigenvalue weighted by Crippen LogP contribution is -2.30. The van der Waals surface area contributed by atoms with E-state index in [-0.39, 0.29) is 5.91 Å². The fourth-order valence-corrected chi connectivity index (χ4v) is 3.09. The first-order valence-corrected chi connectivity index (χ1v) is 9.21. The van der Waals surface area contributed by atoms with Gasteiger partial charge in [-0.3, -0.25) is 4.79 Å². The second-order valence-electron chi connectivity index (χ2n) is 6.19. The Morgan fingerprint density at radius 1 is 1.18 bits per heavy atom. The Bertz CT molecular complexity index is 443. The van der Waals surface area contributed by atoms with E-state index in [4.69, 9.17) is 0 Å². The summed E-state index contributed by atoms with van der Waals surface area (Å²) in [6, 6.07) is 8.43. The van der Waals surface area contributed by atoms with Crippen LogP contribution in [0.1, 0.15) is 32.8 Å². The lowest BCUT2D eigenvalue weighted by atomic mass is 10.2. The number of thioether (sulfide) groups is 1. The Morgan fingerprint density at radius 2 is 1.82 bits per heavy atom. The van der Waals surface area contributed by atoms with Crippen LogP contribution in [-0.4, -0.2) is 43.0 Å². The number of benzene rings is 1. The summed E-state index contributed by atoms with van der Waals surface area (Å²) < 4.78 is 0. The summed E-state index contributed by atoms with van der Waals surface area (Å²) in [6.07, 6.45) is 0.640. The van der Waals surface area contributed by atoms with E-state index in [2.05, 4.69) is 43.0 Å². The molecule has 0 atom stereocenters. The van der Waals surface area contributed by atoms with Gasteiger partial charge in [0.15, 0.2) is 0 Å². The first-order chi connectivity index (χ1) is 10.4. The first-order valence-electron chi connectivity index (χ1n) is 8.05. The highest BCUT2D eigenvalue weighted by Crippen LogP contribution is 2.15. The van der Waals surface area contributed by atoms with Gasteiger partial charge in [-0.05, 0) is 36.3 Å². The number of carbonyl (C=O) groups excluding carboxylic acids is 1. The van der Waals surface area contributed by atoms with E-state index in [0.717, 1.165) is 18.1 Å². The number of rotatable bonds is 9. The summed E-state index contributed by atoms with van der Waals surface area (Å²) in [5.74, 6) is 3.01. The third kappa shape index (κ3) is 6.73. The molecule has 0 aliphatic heterocycles. The molecule has 124 valence electrons. The van der Waals surface area contributed by atoms with Crippen LogP contribution >= 0.6 is 11.8 Å². The fraction of sp³-hybridized carbons (Fsp3) is 0.611. The molecular weight excluding hydrogens is 292 g/mol. The van der Waals surface area contributed by atoms with Gasteiger partial charge in [-0.25, -0.2) is 0 Å². The number of hydrogen-bond donors (Lipinski definition) is 0. The maximum absolute atomic E-state index is 12.3. The van der Waals surface area contributed by atoms with E-state index >= 15 is 0 Å². The molecule has 0 unspecified atom stereocenters. The van der Waals surface area contributed by atoms with Crippen LogP contribution in [0.15, 0.2) is 24.3 Å². The van der Waals surface area contributed by atoms with E-state index in [9.17, 15) is 4.79 Å². The second kappa shape index (κ2) is 9.78. The zero-order chi connectivity index (χ0) is 16.5. The normalized spacial score (nSPS) is 10.8. The van der Waals surface area contributed by atoms with E-state index in [1.54, 1.807) is 0 Å². The van der Waals surface area contributed by atoms with Crippen LogP contribution in [0.5, 0.6) is 0 Å². The minimum atomic E-state index is 0.260. The van der Waals surface area contributed by atoms with Crippen molar-refractivity contribution >= 4 is 23.4 Å². The molecular formula is C18H30N2OS. The second-order valence-corrected chi connectivity index (χ2v) is 7.34. The standard InChI is InChI=1S/C18H30N2OS/c1-6-20(18(21)11-12-22-14-15(2)3)13-16-7-9-17(10-8-16)19(4)5/h7-10,15H,6,11-14H2,1-5H3. The quantitative estimate of drug-likeness (QED) is 0.645. The fourth-order valence-electron chi connectivity index (χ4n) is 2.13. The summed E-state index contributed by atoms with van der Waals surface area (Å²) in [5.41, 5.74) is 2.37. The Labute approximate surface area is 140 Å². The van der Waals surface area contributed by atoms with Crippen LogP contribution < -0.4 is 4.90 Å². The summed E-state index contributed by atoms with van der Waals surface area (Å²) in [5, 5.41) is 0. The largest absolute Gasteiger partial charge is 0.378 e. The Kier molecular flexibility index (Phi) is 8.39. The maximum Gasteiger partial charge on any atom is 0.223 e. The molecule has 22 heavy (non-hydrogen) atoms. The average Bonchev–Trinajstić information content (AvgIpc) is 2.49. The third-order valence-corrected chi connectivity index (χ3v) is 4.87. The van der Waals surface area contributed by atoms with Crippen LogP contribution in [0.3, 0.4) is 0 Å². The number of amides is 1. The Morgan fingerprint density at radius 3 is 2.32 bits per heavy atom. The van der Waals surface area contributed by atoms with Gasteiger partial charge in [-0.2, -0.15) is 11.8 Å². The zero-order valence-corrected chi connectivity index (χ0v) is 15.4. The maximum atomic E-state index is 12.3. The summed E-state index contributed by atoms with van der Waals surface area (Å²) >= 11 is 1.88. The van der Waals surface area contributed by atoms with Gasteiger partial charge in [0.2, 0.25) is 5.91 Å². The smallest absolute Gasteiger partial charge is 0.223 e. The molecule has 0 aliphatic carbocycles. The first kappa shape index (κ1) is 18.9. The average molecular weight is 323 g/mol. The molecule has 0 radical (unpaired) electrons. The number of carbonyl (C=O) groups is 1.